The molecule has 0 unspecified atom stereocenters. The molecule has 1 aromatic carbocycles. The fourth-order valence-electron chi connectivity index (χ4n) is 2.66. The fraction of sp³-hybridized carbons (Fsp3) is 0.611. The number of carbonyl (C=O) groups excluding carboxylic acids is 1. The number of nitrogens with zero attached hydrogens (tertiary/aromatic N) is 1. The molecule has 0 radical (unpaired) electrons. The molecule has 6 heteroatoms. The van der Waals surface area contributed by atoms with Crippen molar-refractivity contribution in [2.24, 2.45) is 5.92 Å². The van der Waals surface area contributed by atoms with Gasteiger partial charge < -0.3 is 9.08 Å². The molecule has 1 aromatic rings. The molecule has 0 bridgehead atoms. The van der Waals surface area contributed by atoms with Gasteiger partial charge in [-0.2, -0.15) is 8.42 Å². The molecule has 0 saturated heterocycles. The van der Waals surface area contributed by atoms with E-state index in [1.165, 1.54) is 0 Å². The Labute approximate surface area is 145 Å². The van der Waals surface area contributed by atoms with Gasteiger partial charge in [0.25, 0.3) is 0 Å². The minimum atomic E-state index is -3.54. The van der Waals surface area contributed by atoms with Crippen LogP contribution in [0.25, 0.3) is 0 Å². The minimum absolute atomic E-state index is 0.0730. The van der Waals surface area contributed by atoms with Gasteiger partial charge in [-0.15, -0.1) is 0 Å². The maximum Gasteiger partial charge on any atom is 0.308 e. The lowest BCUT2D eigenvalue weighted by Gasteiger charge is -2.35. The topological polar surface area (TPSA) is 63.7 Å². The van der Waals surface area contributed by atoms with Gasteiger partial charge in [0.05, 0.1) is 5.75 Å². The Morgan fingerprint density at radius 1 is 1.33 bits per heavy atom. The van der Waals surface area contributed by atoms with Crippen LogP contribution in [0.3, 0.4) is 0 Å². The molecule has 0 aliphatic heterocycles. The van der Waals surface area contributed by atoms with Crippen LogP contribution in [0.2, 0.25) is 0 Å². The van der Waals surface area contributed by atoms with Gasteiger partial charge in [0.2, 0.25) is 5.91 Å². The molecule has 0 spiro atoms. The van der Waals surface area contributed by atoms with Gasteiger partial charge in [-0.25, -0.2) is 0 Å². The van der Waals surface area contributed by atoms with E-state index in [-0.39, 0.29) is 23.6 Å². The number of hydrogen-bond donors (Lipinski definition) is 0. The average Bonchev–Trinajstić information content (AvgIpc) is 2.50. The summed E-state index contributed by atoms with van der Waals surface area (Å²) in [5.74, 6) is 0.590. The number of rotatable bonds is 8. The molecule has 134 valence electrons. The SMILES string of the molecule is CC[C@H](C)N(Cc1cccc(OS(=O)(=O)CC)c1)C(=O)C1CCC1. The Balaban J connectivity index is 2.15. The Morgan fingerprint density at radius 2 is 2.04 bits per heavy atom. The van der Waals surface area contributed by atoms with Gasteiger partial charge in [0, 0.05) is 18.5 Å². The lowest BCUT2D eigenvalue weighted by Crippen LogP contribution is -2.43. The van der Waals surface area contributed by atoms with E-state index < -0.39 is 10.1 Å². The second-order valence-electron chi connectivity index (χ2n) is 6.43. The molecule has 5 nitrogen and oxygen atoms in total. The summed E-state index contributed by atoms with van der Waals surface area (Å²) >= 11 is 0. The van der Waals surface area contributed by atoms with Crippen molar-refractivity contribution in [1.29, 1.82) is 0 Å². The predicted octanol–water partition coefficient (Wildman–Crippen LogP) is 3.34. The van der Waals surface area contributed by atoms with Gasteiger partial charge in [0.15, 0.2) is 0 Å². The van der Waals surface area contributed by atoms with Crippen molar-refractivity contribution in [1.82, 2.24) is 4.90 Å². The van der Waals surface area contributed by atoms with E-state index in [9.17, 15) is 13.2 Å². The van der Waals surface area contributed by atoms with E-state index in [0.717, 1.165) is 31.2 Å². The van der Waals surface area contributed by atoms with Crippen LogP contribution >= 0.6 is 0 Å². The number of benzene rings is 1. The Morgan fingerprint density at radius 3 is 2.58 bits per heavy atom. The lowest BCUT2D eigenvalue weighted by molar-refractivity contribution is -0.141. The molecule has 2 rings (SSSR count). The monoisotopic (exact) mass is 353 g/mol. The van der Waals surface area contributed by atoms with Crippen molar-refractivity contribution in [3.63, 3.8) is 0 Å². The Bertz CT molecular complexity index is 667. The highest BCUT2D eigenvalue weighted by atomic mass is 32.2. The highest BCUT2D eigenvalue weighted by Crippen LogP contribution is 2.30. The number of hydrogen-bond acceptors (Lipinski definition) is 4. The standard InChI is InChI=1S/C18H27NO4S/c1-4-14(3)19(18(20)16-9-7-10-16)13-15-8-6-11-17(12-15)23-24(21,22)5-2/h6,8,11-12,14,16H,4-5,7,9-10,13H2,1-3H3/t14-/m0/s1. The smallest absolute Gasteiger partial charge is 0.308 e. The van der Waals surface area contributed by atoms with Gasteiger partial charge in [0.1, 0.15) is 5.75 Å². The predicted molar refractivity (Wildman–Crippen MR) is 94.2 cm³/mol. The molecule has 0 aromatic heterocycles. The second-order valence-corrected chi connectivity index (χ2v) is 8.29. The van der Waals surface area contributed by atoms with Gasteiger partial charge >= 0.3 is 10.1 Å². The normalized spacial score (nSPS) is 16.3. The van der Waals surface area contributed by atoms with Crippen molar-refractivity contribution in [3.8, 4) is 5.75 Å². The third kappa shape index (κ3) is 4.72. The largest absolute Gasteiger partial charge is 0.382 e. The van der Waals surface area contributed by atoms with E-state index in [4.69, 9.17) is 4.18 Å². The molecule has 0 heterocycles. The Kier molecular flexibility index (Phi) is 6.27. The summed E-state index contributed by atoms with van der Waals surface area (Å²) in [6.07, 6.45) is 3.97. The molecule has 1 atom stereocenters. The van der Waals surface area contributed by atoms with Crippen LogP contribution in [0, 0.1) is 5.92 Å². The van der Waals surface area contributed by atoms with Crippen LogP contribution in [0.5, 0.6) is 5.75 Å². The first-order valence-electron chi connectivity index (χ1n) is 8.67. The lowest BCUT2D eigenvalue weighted by atomic mass is 9.84. The number of carbonyl (C=O) groups is 1. The van der Waals surface area contributed by atoms with Crippen LogP contribution in [0.1, 0.15) is 52.0 Å². The molecular weight excluding hydrogens is 326 g/mol. The summed E-state index contributed by atoms with van der Waals surface area (Å²) in [4.78, 5) is 14.6. The zero-order valence-corrected chi connectivity index (χ0v) is 15.5. The molecule has 24 heavy (non-hydrogen) atoms. The Hall–Kier alpha value is -1.56. The third-order valence-electron chi connectivity index (χ3n) is 4.69. The van der Waals surface area contributed by atoms with Crippen molar-refractivity contribution in [2.45, 2.75) is 59.0 Å². The molecule has 0 N–H and O–H groups in total. The fourth-order valence-corrected chi connectivity index (χ4v) is 3.17. The van der Waals surface area contributed by atoms with Crippen LogP contribution < -0.4 is 4.18 Å². The third-order valence-corrected chi connectivity index (χ3v) is 5.84. The molecule has 1 amide bonds. The van der Waals surface area contributed by atoms with Crippen molar-refractivity contribution < 1.29 is 17.4 Å². The summed E-state index contributed by atoms with van der Waals surface area (Å²) < 4.78 is 28.3. The van der Waals surface area contributed by atoms with E-state index in [0.29, 0.717) is 12.3 Å². The molecule has 1 aliphatic rings. The molecular formula is C18H27NO4S. The summed E-state index contributed by atoms with van der Waals surface area (Å²) in [6.45, 7) is 6.15. The van der Waals surface area contributed by atoms with Gasteiger partial charge in [-0.1, -0.05) is 25.5 Å². The summed E-state index contributed by atoms with van der Waals surface area (Å²) in [7, 11) is -3.54. The second kappa shape index (κ2) is 8.01. The average molecular weight is 353 g/mol. The molecule has 1 aliphatic carbocycles. The first-order valence-corrected chi connectivity index (χ1v) is 10.3. The van der Waals surface area contributed by atoms with E-state index in [2.05, 4.69) is 13.8 Å². The first kappa shape index (κ1) is 18.8. The highest BCUT2D eigenvalue weighted by Gasteiger charge is 2.31. The van der Waals surface area contributed by atoms with Crippen molar-refractivity contribution in [2.75, 3.05) is 5.75 Å². The minimum Gasteiger partial charge on any atom is -0.382 e. The molecule has 1 fully saturated rings. The quantitative estimate of drug-likeness (QED) is 0.672. The van der Waals surface area contributed by atoms with E-state index >= 15 is 0 Å². The van der Waals surface area contributed by atoms with Crippen LogP contribution in [-0.2, 0) is 21.5 Å². The summed E-state index contributed by atoms with van der Waals surface area (Å²) in [5, 5.41) is 0. The highest BCUT2D eigenvalue weighted by molar-refractivity contribution is 7.87. The van der Waals surface area contributed by atoms with E-state index in [1.54, 1.807) is 25.1 Å². The maximum atomic E-state index is 12.7. The number of amides is 1. The van der Waals surface area contributed by atoms with Crippen LogP contribution in [0.4, 0.5) is 0 Å². The van der Waals surface area contributed by atoms with Crippen molar-refractivity contribution in [3.05, 3.63) is 29.8 Å². The van der Waals surface area contributed by atoms with Crippen LogP contribution in [-0.4, -0.2) is 31.0 Å². The van der Waals surface area contributed by atoms with Gasteiger partial charge in [-0.05, 0) is 50.8 Å². The summed E-state index contributed by atoms with van der Waals surface area (Å²) in [6, 6.07) is 7.14. The summed E-state index contributed by atoms with van der Waals surface area (Å²) in [5.41, 5.74) is 0.881. The zero-order chi connectivity index (χ0) is 17.7. The molecule has 1 saturated carbocycles. The maximum absolute atomic E-state index is 12.7. The van der Waals surface area contributed by atoms with E-state index in [1.807, 2.05) is 11.0 Å². The van der Waals surface area contributed by atoms with Crippen LogP contribution in [0.15, 0.2) is 24.3 Å². The zero-order valence-electron chi connectivity index (χ0n) is 14.7. The van der Waals surface area contributed by atoms with Crippen molar-refractivity contribution >= 4 is 16.0 Å². The van der Waals surface area contributed by atoms with Gasteiger partial charge in [-0.3, -0.25) is 4.79 Å². The first-order chi connectivity index (χ1) is 11.4.